The third-order valence-corrected chi connectivity index (χ3v) is 3.07. The lowest BCUT2D eigenvalue weighted by Gasteiger charge is -2.31. The first-order valence-electron chi connectivity index (χ1n) is 5.81. The lowest BCUT2D eigenvalue weighted by Crippen LogP contribution is -2.49. The SMILES string of the molecule is CN1CCN(CC(=O)c2ccc(F)cc2)CC1=O. The van der Waals surface area contributed by atoms with Crippen LogP contribution in [0.1, 0.15) is 10.4 Å². The molecule has 1 aliphatic heterocycles. The number of hydrogen-bond acceptors (Lipinski definition) is 3. The van der Waals surface area contributed by atoms with Crippen molar-refractivity contribution in [1.82, 2.24) is 9.80 Å². The van der Waals surface area contributed by atoms with Gasteiger partial charge in [-0.15, -0.1) is 0 Å². The zero-order valence-corrected chi connectivity index (χ0v) is 10.2. The van der Waals surface area contributed by atoms with E-state index in [0.29, 0.717) is 18.7 Å². The van der Waals surface area contributed by atoms with Crippen LogP contribution in [0.4, 0.5) is 4.39 Å². The Labute approximate surface area is 105 Å². The van der Waals surface area contributed by atoms with E-state index in [1.54, 1.807) is 11.9 Å². The molecule has 0 aliphatic carbocycles. The van der Waals surface area contributed by atoms with Crippen LogP contribution in [0.25, 0.3) is 0 Å². The van der Waals surface area contributed by atoms with Gasteiger partial charge in [0.1, 0.15) is 5.82 Å². The second-order valence-corrected chi connectivity index (χ2v) is 4.46. The van der Waals surface area contributed by atoms with Gasteiger partial charge in [-0.05, 0) is 24.3 Å². The van der Waals surface area contributed by atoms with Crippen LogP contribution in [-0.2, 0) is 4.79 Å². The van der Waals surface area contributed by atoms with E-state index in [0.717, 1.165) is 0 Å². The van der Waals surface area contributed by atoms with E-state index in [4.69, 9.17) is 0 Å². The number of rotatable bonds is 3. The highest BCUT2D eigenvalue weighted by molar-refractivity contribution is 5.97. The van der Waals surface area contributed by atoms with Gasteiger partial charge < -0.3 is 4.90 Å². The molecular formula is C13H15FN2O2. The van der Waals surface area contributed by atoms with Crippen LogP contribution in [0.5, 0.6) is 0 Å². The molecule has 1 amide bonds. The van der Waals surface area contributed by atoms with Crippen LogP contribution in [0.3, 0.4) is 0 Å². The molecule has 0 saturated carbocycles. The van der Waals surface area contributed by atoms with Crippen molar-refractivity contribution in [2.24, 2.45) is 0 Å². The average molecular weight is 250 g/mol. The molecule has 2 rings (SSSR count). The number of carbonyl (C=O) groups is 2. The van der Waals surface area contributed by atoms with E-state index in [1.165, 1.54) is 24.3 Å². The maximum absolute atomic E-state index is 12.7. The van der Waals surface area contributed by atoms with Gasteiger partial charge in [0.05, 0.1) is 13.1 Å². The lowest BCUT2D eigenvalue weighted by molar-refractivity contribution is -0.134. The van der Waals surface area contributed by atoms with Gasteiger partial charge in [-0.3, -0.25) is 14.5 Å². The van der Waals surface area contributed by atoms with Crippen LogP contribution in [0, 0.1) is 5.82 Å². The molecule has 1 aromatic carbocycles. The highest BCUT2D eigenvalue weighted by Gasteiger charge is 2.22. The topological polar surface area (TPSA) is 40.6 Å². The number of hydrogen-bond donors (Lipinski definition) is 0. The van der Waals surface area contributed by atoms with Gasteiger partial charge in [-0.2, -0.15) is 0 Å². The molecule has 1 aromatic rings. The second kappa shape index (κ2) is 5.27. The molecule has 0 atom stereocenters. The molecule has 0 N–H and O–H groups in total. The number of halogens is 1. The smallest absolute Gasteiger partial charge is 0.236 e. The zero-order chi connectivity index (χ0) is 13.1. The Hall–Kier alpha value is -1.75. The summed E-state index contributed by atoms with van der Waals surface area (Å²) in [4.78, 5) is 26.9. The van der Waals surface area contributed by atoms with E-state index in [9.17, 15) is 14.0 Å². The molecule has 0 aromatic heterocycles. The Morgan fingerprint density at radius 1 is 1.28 bits per heavy atom. The van der Waals surface area contributed by atoms with Gasteiger partial charge >= 0.3 is 0 Å². The van der Waals surface area contributed by atoms with E-state index < -0.39 is 0 Å². The van der Waals surface area contributed by atoms with E-state index in [2.05, 4.69) is 0 Å². The summed E-state index contributed by atoms with van der Waals surface area (Å²) in [6.45, 7) is 1.79. The molecule has 4 nitrogen and oxygen atoms in total. The van der Waals surface area contributed by atoms with Crippen LogP contribution >= 0.6 is 0 Å². The van der Waals surface area contributed by atoms with Crippen LogP contribution in [0.2, 0.25) is 0 Å². The summed E-state index contributed by atoms with van der Waals surface area (Å²) in [6.07, 6.45) is 0. The fourth-order valence-electron chi connectivity index (χ4n) is 1.87. The minimum atomic E-state index is -0.360. The summed E-state index contributed by atoms with van der Waals surface area (Å²) in [5.41, 5.74) is 0.475. The molecule has 18 heavy (non-hydrogen) atoms. The average Bonchev–Trinajstić information content (AvgIpc) is 2.34. The third-order valence-electron chi connectivity index (χ3n) is 3.07. The van der Waals surface area contributed by atoms with Gasteiger partial charge in [-0.25, -0.2) is 4.39 Å². The van der Waals surface area contributed by atoms with Gasteiger partial charge in [0.25, 0.3) is 0 Å². The van der Waals surface area contributed by atoms with Gasteiger partial charge in [0.2, 0.25) is 5.91 Å². The second-order valence-electron chi connectivity index (χ2n) is 4.46. The van der Waals surface area contributed by atoms with Crippen molar-refractivity contribution >= 4 is 11.7 Å². The summed E-state index contributed by atoms with van der Waals surface area (Å²) in [7, 11) is 1.75. The Kier molecular flexibility index (Phi) is 3.72. The maximum Gasteiger partial charge on any atom is 0.236 e. The monoisotopic (exact) mass is 250 g/mol. The first kappa shape index (κ1) is 12.7. The summed E-state index contributed by atoms with van der Waals surface area (Å²) in [5, 5.41) is 0. The maximum atomic E-state index is 12.7. The number of amides is 1. The molecule has 5 heteroatoms. The molecule has 0 spiro atoms. The first-order chi connectivity index (χ1) is 8.56. The Bertz CT molecular complexity index is 459. The molecule has 96 valence electrons. The number of likely N-dealkylation sites (N-methyl/N-ethyl adjacent to an activating group) is 1. The van der Waals surface area contributed by atoms with Crippen molar-refractivity contribution in [2.75, 3.05) is 33.2 Å². The van der Waals surface area contributed by atoms with E-state index in [1.807, 2.05) is 4.90 Å². The van der Waals surface area contributed by atoms with Crippen molar-refractivity contribution in [3.8, 4) is 0 Å². The van der Waals surface area contributed by atoms with Crippen molar-refractivity contribution in [3.63, 3.8) is 0 Å². The molecular weight excluding hydrogens is 235 g/mol. The number of Topliss-reactive ketones (excluding diaryl/α,β-unsaturated/α-hetero) is 1. The van der Waals surface area contributed by atoms with Crippen LogP contribution < -0.4 is 0 Å². The summed E-state index contributed by atoms with van der Waals surface area (Å²) in [6, 6.07) is 5.47. The Morgan fingerprint density at radius 3 is 2.56 bits per heavy atom. The van der Waals surface area contributed by atoms with Crippen LogP contribution in [0.15, 0.2) is 24.3 Å². The fourth-order valence-corrected chi connectivity index (χ4v) is 1.87. The van der Waals surface area contributed by atoms with Gasteiger partial charge in [0, 0.05) is 25.7 Å². The fraction of sp³-hybridized carbons (Fsp3) is 0.385. The molecule has 1 aliphatic rings. The van der Waals surface area contributed by atoms with Crippen molar-refractivity contribution in [3.05, 3.63) is 35.6 Å². The number of piperazine rings is 1. The predicted molar refractivity (Wildman–Crippen MR) is 64.8 cm³/mol. The number of nitrogens with zero attached hydrogens (tertiary/aromatic N) is 2. The number of benzene rings is 1. The van der Waals surface area contributed by atoms with Crippen molar-refractivity contribution in [2.45, 2.75) is 0 Å². The zero-order valence-electron chi connectivity index (χ0n) is 10.2. The Balaban J connectivity index is 1.95. The molecule has 1 fully saturated rings. The normalized spacial score (nSPS) is 17.0. The standard InChI is InChI=1S/C13H15FN2O2/c1-15-6-7-16(9-13(15)18)8-12(17)10-2-4-11(14)5-3-10/h2-5H,6-9H2,1H3. The van der Waals surface area contributed by atoms with Gasteiger partial charge in [0.15, 0.2) is 5.78 Å². The minimum absolute atomic E-state index is 0.0214. The van der Waals surface area contributed by atoms with Crippen molar-refractivity contribution in [1.29, 1.82) is 0 Å². The summed E-state index contributed by atoms with van der Waals surface area (Å²) < 4.78 is 12.7. The first-order valence-corrected chi connectivity index (χ1v) is 5.81. The highest BCUT2D eigenvalue weighted by Crippen LogP contribution is 2.07. The molecule has 0 unspecified atom stereocenters. The molecule has 1 heterocycles. The molecule has 1 saturated heterocycles. The largest absolute Gasteiger partial charge is 0.343 e. The molecule has 0 radical (unpaired) electrons. The number of carbonyl (C=O) groups excluding carboxylic acids is 2. The quantitative estimate of drug-likeness (QED) is 0.744. The third kappa shape index (κ3) is 2.92. The van der Waals surface area contributed by atoms with E-state index >= 15 is 0 Å². The molecule has 0 bridgehead atoms. The summed E-state index contributed by atoms with van der Waals surface area (Å²) >= 11 is 0. The predicted octanol–water partition coefficient (Wildman–Crippen LogP) is 0.782. The number of ketones is 1. The lowest BCUT2D eigenvalue weighted by atomic mass is 10.1. The summed E-state index contributed by atoms with van der Waals surface area (Å²) in [5.74, 6) is -0.429. The van der Waals surface area contributed by atoms with Crippen LogP contribution in [-0.4, -0.2) is 54.7 Å². The van der Waals surface area contributed by atoms with Gasteiger partial charge in [-0.1, -0.05) is 0 Å². The highest BCUT2D eigenvalue weighted by atomic mass is 19.1. The Morgan fingerprint density at radius 2 is 1.94 bits per heavy atom. The minimum Gasteiger partial charge on any atom is -0.343 e. The van der Waals surface area contributed by atoms with E-state index in [-0.39, 0.29) is 30.6 Å². The van der Waals surface area contributed by atoms with Crippen molar-refractivity contribution < 1.29 is 14.0 Å².